The third-order valence-corrected chi connectivity index (χ3v) is 8.23. The van der Waals surface area contributed by atoms with Gasteiger partial charge in [-0.05, 0) is 107 Å². The molecule has 1 fully saturated rings. The number of hydrogen-bond acceptors (Lipinski definition) is 3. The molecule has 0 spiro atoms. The lowest BCUT2D eigenvalue weighted by Crippen LogP contribution is -2.14. The van der Waals surface area contributed by atoms with Gasteiger partial charge in [0.25, 0.3) is 0 Å². The maximum absolute atomic E-state index is 16.5. The second-order valence-corrected chi connectivity index (χ2v) is 10.5. The molecule has 0 radical (unpaired) electrons. The third kappa shape index (κ3) is 5.19. The molecule has 36 heavy (non-hydrogen) atoms. The van der Waals surface area contributed by atoms with Gasteiger partial charge >= 0.3 is 6.01 Å². The quantitative estimate of drug-likeness (QED) is 0.311. The van der Waals surface area contributed by atoms with E-state index < -0.39 is 0 Å². The topological polar surface area (TPSA) is 35.0 Å². The first-order chi connectivity index (χ1) is 17.1. The molecule has 1 heterocycles. The van der Waals surface area contributed by atoms with Crippen LogP contribution in [0.2, 0.25) is 0 Å². The van der Waals surface area contributed by atoms with Crippen LogP contribution in [0.1, 0.15) is 98.3 Å². The van der Waals surface area contributed by atoms with E-state index in [1.165, 1.54) is 18.4 Å². The first-order valence-electron chi connectivity index (χ1n) is 13.4. The first-order valence-corrected chi connectivity index (χ1v) is 13.4. The van der Waals surface area contributed by atoms with E-state index in [2.05, 4.69) is 78.0 Å². The Morgan fingerprint density at radius 2 is 1.69 bits per heavy atom. The number of hydrogen-bond donors (Lipinski definition) is 0. The molecular weight excluding hydrogens is 447 g/mol. The van der Waals surface area contributed by atoms with Crippen molar-refractivity contribution < 1.29 is 9.13 Å². The van der Waals surface area contributed by atoms with Crippen LogP contribution < -0.4 is 4.74 Å². The van der Waals surface area contributed by atoms with Crippen molar-refractivity contribution >= 4 is 16.5 Å². The van der Waals surface area contributed by atoms with Gasteiger partial charge in [-0.2, -0.15) is 4.98 Å². The van der Waals surface area contributed by atoms with Crippen LogP contribution in [0.15, 0.2) is 46.7 Å². The van der Waals surface area contributed by atoms with Crippen LogP contribution >= 0.6 is 0 Å². The number of ether oxygens (including phenoxy) is 1. The lowest BCUT2D eigenvalue weighted by Gasteiger charge is -2.23. The van der Waals surface area contributed by atoms with Gasteiger partial charge in [0.1, 0.15) is 5.52 Å². The van der Waals surface area contributed by atoms with Gasteiger partial charge in [0, 0.05) is 22.6 Å². The Hall–Kier alpha value is -2.75. The van der Waals surface area contributed by atoms with E-state index >= 15 is 4.39 Å². The van der Waals surface area contributed by atoms with Crippen molar-refractivity contribution in [3.8, 4) is 6.01 Å². The van der Waals surface area contributed by atoms with Crippen LogP contribution in [-0.2, 0) is 12.8 Å². The summed E-state index contributed by atoms with van der Waals surface area (Å²) in [5, 5.41) is 0.762. The molecule has 1 aromatic heterocycles. The summed E-state index contributed by atoms with van der Waals surface area (Å²) in [6.07, 6.45) is 8.70. The van der Waals surface area contributed by atoms with Crippen molar-refractivity contribution in [2.24, 2.45) is 5.41 Å². The summed E-state index contributed by atoms with van der Waals surface area (Å²) in [5.41, 5.74) is 9.49. The molecule has 3 nitrogen and oxygen atoms in total. The molecule has 0 N–H and O–H groups in total. The maximum atomic E-state index is 16.5. The number of rotatable bonds is 10. The van der Waals surface area contributed by atoms with Crippen molar-refractivity contribution in [3.63, 3.8) is 0 Å². The summed E-state index contributed by atoms with van der Waals surface area (Å²) in [7, 11) is 0. The molecular formula is C32H43FN2O. The van der Waals surface area contributed by atoms with E-state index in [-0.39, 0.29) is 17.2 Å². The summed E-state index contributed by atoms with van der Waals surface area (Å²) < 4.78 is 22.5. The summed E-state index contributed by atoms with van der Waals surface area (Å²) >= 11 is 0. The average Bonchev–Trinajstić information content (AvgIpc) is 3.66. The standard InChI is InChI=1S/C32H43FN2O/c1-11-20(7)22(9)27(21(8)19(5)6)23(10)28-25(13-3)24(12-2)26-17-34-31(35-30(26)29(28)33)36-18-32(14-4)15-16-32/h11,17H,10,12-16,18H2,1-9H3/b20-11-,27-22-. The number of fused-ring (bicyclic) bond motifs is 1. The molecule has 0 atom stereocenters. The molecule has 2 aromatic rings. The minimum absolute atomic E-state index is 0.237. The van der Waals surface area contributed by atoms with E-state index in [1.807, 2.05) is 6.92 Å². The normalized spacial score (nSPS) is 15.6. The second kappa shape index (κ2) is 11.1. The molecule has 1 aromatic carbocycles. The van der Waals surface area contributed by atoms with Crippen molar-refractivity contribution in [2.75, 3.05) is 6.61 Å². The van der Waals surface area contributed by atoms with E-state index in [9.17, 15) is 0 Å². The number of halogens is 1. The summed E-state index contributed by atoms with van der Waals surface area (Å²) in [5.74, 6) is -0.335. The Morgan fingerprint density at radius 3 is 2.19 bits per heavy atom. The number of aryl methyl sites for hydroxylation is 1. The van der Waals surface area contributed by atoms with Crippen molar-refractivity contribution in [3.05, 3.63) is 69.2 Å². The Morgan fingerprint density at radius 1 is 1.06 bits per heavy atom. The Bertz CT molecular complexity index is 1270. The molecule has 1 aliphatic rings. The van der Waals surface area contributed by atoms with Crippen LogP contribution in [0, 0.1) is 11.2 Å². The highest BCUT2D eigenvalue weighted by Crippen LogP contribution is 2.48. The lowest BCUT2D eigenvalue weighted by atomic mass is 9.82. The molecule has 4 heteroatoms. The van der Waals surface area contributed by atoms with Gasteiger partial charge in [-0.3, -0.25) is 0 Å². The van der Waals surface area contributed by atoms with Crippen molar-refractivity contribution in [2.45, 2.75) is 94.4 Å². The predicted octanol–water partition coefficient (Wildman–Crippen LogP) is 9.11. The van der Waals surface area contributed by atoms with E-state index in [0.29, 0.717) is 29.7 Å². The highest BCUT2D eigenvalue weighted by molar-refractivity contribution is 5.94. The summed E-state index contributed by atoms with van der Waals surface area (Å²) in [4.78, 5) is 9.09. The Kier molecular flexibility index (Phi) is 8.59. The fourth-order valence-electron chi connectivity index (χ4n) is 5.01. The third-order valence-electron chi connectivity index (χ3n) is 8.23. The van der Waals surface area contributed by atoms with Gasteiger partial charge in [-0.15, -0.1) is 0 Å². The smallest absolute Gasteiger partial charge is 0.317 e. The van der Waals surface area contributed by atoms with E-state index in [0.717, 1.165) is 51.6 Å². The van der Waals surface area contributed by atoms with E-state index in [4.69, 9.17) is 4.74 Å². The first kappa shape index (κ1) is 27.8. The molecule has 0 saturated heterocycles. The summed E-state index contributed by atoms with van der Waals surface area (Å²) in [6, 6.07) is 0.251. The highest BCUT2D eigenvalue weighted by atomic mass is 19.1. The van der Waals surface area contributed by atoms with Crippen molar-refractivity contribution in [1.82, 2.24) is 9.97 Å². The van der Waals surface area contributed by atoms with Crippen LogP contribution in [0.3, 0.4) is 0 Å². The van der Waals surface area contributed by atoms with Gasteiger partial charge in [-0.1, -0.05) is 44.6 Å². The number of aromatic nitrogens is 2. The van der Waals surface area contributed by atoms with Crippen LogP contribution in [0.4, 0.5) is 4.39 Å². The van der Waals surface area contributed by atoms with Gasteiger partial charge in [0.05, 0.1) is 6.61 Å². The molecule has 0 aliphatic heterocycles. The fraction of sp³-hybridized carbons (Fsp3) is 0.500. The molecule has 0 bridgehead atoms. The maximum Gasteiger partial charge on any atom is 0.317 e. The number of nitrogens with zero attached hydrogens (tertiary/aromatic N) is 2. The fourth-order valence-corrected chi connectivity index (χ4v) is 5.01. The molecule has 3 rings (SSSR count). The van der Waals surface area contributed by atoms with Crippen LogP contribution in [-0.4, -0.2) is 16.6 Å². The molecule has 0 unspecified atom stereocenters. The minimum atomic E-state index is -0.335. The Balaban J connectivity index is 2.27. The zero-order valence-electron chi connectivity index (χ0n) is 23.8. The van der Waals surface area contributed by atoms with Gasteiger partial charge in [0.15, 0.2) is 5.82 Å². The number of allylic oxidation sites excluding steroid dienone is 7. The molecule has 194 valence electrons. The number of benzene rings is 1. The van der Waals surface area contributed by atoms with E-state index in [1.54, 1.807) is 6.20 Å². The molecule has 1 aliphatic carbocycles. The zero-order chi connectivity index (χ0) is 26.8. The highest BCUT2D eigenvalue weighted by Gasteiger charge is 2.41. The lowest BCUT2D eigenvalue weighted by molar-refractivity contribution is 0.214. The zero-order valence-corrected chi connectivity index (χ0v) is 23.8. The average molecular weight is 491 g/mol. The SMILES string of the molecule is C=C(/C(C(C)=C(C)C)=C(C)\C(C)=C/C)c1c(CC)c(CC)c2cnc(OCC3(CC)CC3)nc2c1F. The second-order valence-electron chi connectivity index (χ2n) is 10.5. The summed E-state index contributed by atoms with van der Waals surface area (Å²) in [6.45, 7) is 24.0. The largest absolute Gasteiger partial charge is 0.463 e. The molecule has 0 amide bonds. The predicted molar refractivity (Wildman–Crippen MR) is 151 cm³/mol. The molecule has 1 saturated carbocycles. The van der Waals surface area contributed by atoms with Gasteiger partial charge < -0.3 is 4.74 Å². The minimum Gasteiger partial charge on any atom is -0.463 e. The van der Waals surface area contributed by atoms with Gasteiger partial charge in [0.2, 0.25) is 0 Å². The van der Waals surface area contributed by atoms with Crippen LogP contribution in [0.25, 0.3) is 16.5 Å². The monoisotopic (exact) mass is 490 g/mol. The van der Waals surface area contributed by atoms with Crippen LogP contribution in [0.5, 0.6) is 6.01 Å². The van der Waals surface area contributed by atoms with Gasteiger partial charge in [-0.25, -0.2) is 9.37 Å². The Labute approximate surface area is 217 Å². The van der Waals surface area contributed by atoms with Crippen molar-refractivity contribution in [1.29, 1.82) is 0 Å².